The average molecular weight is 425 g/mol. The molecule has 2 atom stereocenters. The molecule has 31 heavy (non-hydrogen) atoms. The van der Waals surface area contributed by atoms with Gasteiger partial charge >= 0.3 is 29.6 Å². The Labute approximate surface area is 204 Å². The topological polar surface area (TPSA) is 71.5 Å². The summed E-state index contributed by atoms with van der Waals surface area (Å²) in [5, 5.41) is 11.0. The minimum absolute atomic E-state index is 0. The van der Waals surface area contributed by atoms with Crippen molar-refractivity contribution in [2.45, 2.75) is 38.4 Å². The first-order valence-electron chi connectivity index (χ1n) is 10.3. The number of carboxylic acid groups (broad SMARTS) is 1. The van der Waals surface area contributed by atoms with Crippen molar-refractivity contribution in [3.05, 3.63) is 83.6 Å². The Balaban J connectivity index is 0.00000272. The van der Waals surface area contributed by atoms with Crippen molar-refractivity contribution in [1.29, 1.82) is 0 Å². The zero-order valence-corrected chi connectivity index (χ0v) is 19.9. The second-order valence-electron chi connectivity index (χ2n) is 7.32. The van der Waals surface area contributed by atoms with Crippen LogP contribution < -0.4 is 39.4 Å². The molecular weight excluding hydrogens is 401 g/mol. The molecule has 0 bridgehead atoms. The van der Waals surface area contributed by atoms with Crippen LogP contribution in [0, 0.1) is 0 Å². The van der Waals surface area contributed by atoms with Crippen molar-refractivity contribution < 1.29 is 48.9 Å². The number of hydrogen-bond donors (Lipinski definition) is 0. The Bertz CT molecular complexity index is 1010. The molecule has 0 saturated carbocycles. The number of fused-ring (bicyclic) bond motifs is 1. The molecular formula is C25H24NNaO4. The number of carboxylic acids is 1. The maximum Gasteiger partial charge on any atom is 1.00 e. The molecule has 6 heteroatoms. The number of carbonyl (C=O) groups is 1. The van der Waals surface area contributed by atoms with Gasteiger partial charge in [0.1, 0.15) is 11.9 Å². The maximum atomic E-state index is 11.0. The standard InChI is InChI=1S/C25H25NO4.Na/c1-2-29-24(16-25(27)28)17-9-11-18(12-10-17)30-23-14-13-19-20(6-5-7-21(19)23)22-8-3-4-15-26-22;/h3-12,15,23-24H,2,13-14,16H2,1H3,(H,27,28);/q;+1/p-1/t23-,24+;/m1./s1. The molecule has 2 aromatic carbocycles. The van der Waals surface area contributed by atoms with Gasteiger partial charge in [-0.15, -0.1) is 0 Å². The molecule has 0 spiro atoms. The monoisotopic (exact) mass is 425 g/mol. The van der Waals surface area contributed by atoms with Gasteiger partial charge < -0.3 is 19.4 Å². The van der Waals surface area contributed by atoms with Crippen molar-refractivity contribution in [2.24, 2.45) is 0 Å². The number of benzene rings is 2. The van der Waals surface area contributed by atoms with E-state index in [1.54, 1.807) is 0 Å². The van der Waals surface area contributed by atoms with Gasteiger partial charge in [0.2, 0.25) is 0 Å². The van der Waals surface area contributed by atoms with E-state index in [9.17, 15) is 9.90 Å². The van der Waals surface area contributed by atoms with Crippen LogP contribution in [0.1, 0.15) is 48.7 Å². The second kappa shape index (κ2) is 10.9. The largest absolute Gasteiger partial charge is 1.00 e. The second-order valence-corrected chi connectivity index (χ2v) is 7.32. The van der Waals surface area contributed by atoms with Crippen LogP contribution in [0.4, 0.5) is 0 Å². The molecule has 1 heterocycles. The summed E-state index contributed by atoms with van der Waals surface area (Å²) < 4.78 is 11.8. The SMILES string of the molecule is CCO[C@@H](CC(=O)[O-])c1ccc(O[C@@H]2CCc3c(-c4ccccn4)cccc32)cc1.[Na+]. The minimum Gasteiger partial charge on any atom is -0.550 e. The molecule has 3 aromatic rings. The Morgan fingerprint density at radius 1 is 1.13 bits per heavy atom. The Hall–Kier alpha value is -2.18. The summed E-state index contributed by atoms with van der Waals surface area (Å²) in [5.41, 5.74) is 5.44. The van der Waals surface area contributed by atoms with Crippen LogP contribution in [0.5, 0.6) is 5.75 Å². The normalized spacial score (nSPS) is 15.6. The summed E-state index contributed by atoms with van der Waals surface area (Å²) in [7, 11) is 0. The molecule has 0 amide bonds. The molecule has 0 unspecified atom stereocenters. The zero-order chi connectivity index (χ0) is 20.9. The van der Waals surface area contributed by atoms with E-state index in [2.05, 4.69) is 23.2 Å². The van der Waals surface area contributed by atoms with Crippen LogP contribution >= 0.6 is 0 Å². The van der Waals surface area contributed by atoms with E-state index in [0.717, 1.165) is 35.4 Å². The molecule has 0 saturated heterocycles. The van der Waals surface area contributed by atoms with E-state index < -0.39 is 12.1 Å². The van der Waals surface area contributed by atoms with Gasteiger partial charge in [-0.05, 0) is 60.7 Å². The van der Waals surface area contributed by atoms with Crippen LogP contribution in [0.25, 0.3) is 11.3 Å². The Morgan fingerprint density at radius 3 is 2.61 bits per heavy atom. The molecule has 154 valence electrons. The van der Waals surface area contributed by atoms with E-state index in [-0.39, 0.29) is 42.1 Å². The van der Waals surface area contributed by atoms with Gasteiger partial charge in [0.25, 0.3) is 0 Å². The fourth-order valence-electron chi connectivity index (χ4n) is 4.05. The summed E-state index contributed by atoms with van der Waals surface area (Å²) >= 11 is 0. The first-order valence-corrected chi connectivity index (χ1v) is 10.3. The number of ether oxygens (including phenoxy) is 2. The van der Waals surface area contributed by atoms with Crippen LogP contribution in [0.2, 0.25) is 0 Å². The van der Waals surface area contributed by atoms with Gasteiger partial charge in [-0.3, -0.25) is 4.98 Å². The van der Waals surface area contributed by atoms with Crippen molar-refractivity contribution >= 4 is 5.97 Å². The molecule has 1 aliphatic rings. The summed E-state index contributed by atoms with van der Waals surface area (Å²) in [5.74, 6) is -0.372. The summed E-state index contributed by atoms with van der Waals surface area (Å²) in [6.45, 7) is 2.28. The Morgan fingerprint density at radius 2 is 1.94 bits per heavy atom. The van der Waals surface area contributed by atoms with Crippen molar-refractivity contribution in [3.8, 4) is 17.0 Å². The third kappa shape index (κ3) is 5.55. The Kier molecular flexibility index (Phi) is 8.27. The van der Waals surface area contributed by atoms with E-state index in [1.165, 1.54) is 11.1 Å². The zero-order valence-electron chi connectivity index (χ0n) is 17.9. The smallest absolute Gasteiger partial charge is 0.550 e. The number of pyridine rings is 1. The molecule has 0 fully saturated rings. The average Bonchev–Trinajstić information content (AvgIpc) is 3.17. The van der Waals surface area contributed by atoms with Crippen molar-refractivity contribution in [1.82, 2.24) is 4.98 Å². The number of carbonyl (C=O) groups excluding carboxylic acids is 1. The van der Waals surface area contributed by atoms with Gasteiger partial charge in [0, 0.05) is 30.8 Å². The van der Waals surface area contributed by atoms with Gasteiger partial charge in [-0.1, -0.05) is 36.4 Å². The maximum absolute atomic E-state index is 11.0. The van der Waals surface area contributed by atoms with Gasteiger partial charge in [0.15, 0.2) is 0 Å². The molecule has 1 aliphatic carbocycles. The van der Waals surface area contributed by atoms with Crippen LogP contribution in [-0.4, -0.2) is 17.6 Å². The van der Waals surface area contributed by atoms with Gasteiger partial charge in [-0.2, -0.15) is 0 Å². The third-order valence-corrected chi connectivity index (χ3v) is 5.41. The molecule has 0 aliphatic heterocycles. The third-order valence-electron chi connectivity index (χ3n) is 5.41. The van der Waals surface area contributed by atoms with Crippen LogP contribution in [0.15, 0.2) is 66.9 Å². The van der Waals surface area contributed by atoms with E-state index in [4.69, 9.17) is 9.47 Å². The van der Waals surface area contributed by atoms with Crippen LogP contribution in [0.3, 0.4) is 0 Å². The summed E-state index contributed by atoms with van der Waals surface area (Å²) in [4.78, 5) is 15.5. The molecule has 5 nitrogen and oxygen atoms in total. The predicted octanol–water partition coefficient (Wildman–Crippen LogP) is 1.04. The fourth-order valence-corrected chi connectivity index (χ4v) is 4.05. The van der Waals surface area contributed by atoms with E-state index >= 15 is 0 Å². The fraction of sp³-hybridized carbons (Fsp3) is 0.280. The van der Waals surface area contributed by atoms with Gasteiger partial charge in [-0.25, -0.2) is 0 Å². The minimum atomic E-state index is -1.12. The van der Waals surface area contributed by atoms with Gasteiger partial charge in [0.05, 0.1) is 11.8 Å². The molecule has 0 radical (unpaired) electrons. The predicted molar refractivity (Wildman–Crippen MR) is 112 cm³/mol. The number of hydrogen-bond acceptors (Lipinski definition) is 5. The summed E-state index contributed by atoms with van der Waals surface area (Å²) in [6, 6.07) is 19.7. The molecule has 4 rings (SSSR count). The molecule has 0 N–H and O–H groups in total. The quantitative estimate of drug-likeness (QED) is 0.505. The van der Waals surface area contributed by atoms with Crippen molar-refractivity contribution in [3.63, 3.8) is 0 Å². The number of aliphatic carboxylic acids is 1. The first-order chi connectivity index (χ1) is 14.7. The number of aromatic nitrogens is 1. The number of nitrogens with zero attached hydrogens (tertiary/aromatic N) is 1. The molecule has 1 aromatic heterocycles. The van der Waals surface area contributed by atoms with Crippen molar-refractivity contribution in [2.75, 3.05) is 6.61 Å². The number of rotatable bonds is 8. The van der Waals surface area contributed by atoms with Crippen LogP contribution in [-0.2, 0) is 16.0 Å². The van der Waals surface area contributed by atoms with E-state index in [1.807, 2.05) is 55.6 Å². The van der Waals surface area contributed by atoms with E-state index in [0.29, 0.717) is 6.61 Å². The first kappa shape index (κ1) is 23.5. The summed E-state index contributed by atoms with van der Waals surface area (Å²) in [6.07, 6.45) is 2.98.